The summed E-state index contributed by atoms with van der Waals surface area (Å²) in [4.78, 5) is 24.4. The van der Waals surface area contributed by atoms with Crippen molar-refractivity contribution in [1.82, 2.24) is 10.2 Å². The SMILES string of the molecule is CN(C(=O)CCNC(=O)CCl)C1CCCC1. The van der Waals surface area contributed by atoms with Gasteiger partial charge >= 0.3 is 0 Å². The average Bonchev–Trinajstić information content (AvgIpc) is 2.81. The van der Waals surface area contributed by atoms with Gasteiger partial charge in [0.2, 0.25) is 11.8 Å². The van der Waals surface area contributed by atoms with Crippen molar-refractivity contribution in [2.45, 2.75) is 38.1 Å². The van der Waals surface area contributed by atoms with E-state index in [1.54, 1.807) is 0 Å². The van der Waals surface area contributed by atoms with Gasteiger partial charge in [-0.15, -0.1) is 11.6 Å². The first-order valence-corrected chi connectivity index (χ1v) is 6.27. The van der Waals surface area contributed by atoms with Gasteiger partial charge in [0.25, 0.3) is 0 Å². The number of halogens is 1. The average molecular weight is 247 g/mol. The van der Waals surface area contributed by atoms with Gasteiger partial charge in [-0.3, -0.25) is 9.59 Å². The second-order valence-corrected chi connectivity index (χ2v) is 4.44. The third kappa shape index (κ3) is 4.00. The zero-order valence-corrected chi connectivity index (χ0v) is 10.4. The summed E-state index contributed by atoms with van der Waals surface area (Å²) in [7, 11) is 1.85. The molecule has 0 unspecified atom stereocenters. The Labute approximate surface area is 101 Å². The largest absolute Gasteiger partial charge is 0.355 e. The Morgan fingerprint density at radius 2 is 2.00 bits per heavy atom. The van der Waals surface area contributed by atoms with Crippen molar-refractivity contribution in [3.05, 3.63) is 0 Å². The normalized spacial score (nSPS) is 16.1. The molecule has 0 atom stereocenters. The molecule has 0 aromatic rings. The van der Waals surface area contributed by atoms with Crippen LogP contribution in [0.5, 0.6) is 0 Å². The fraction of sp³-hybridized carbons (Fsp3) is 0.818. The van der Waals surface area contributed by atoms with Crippen LogP contribution in [-0.2, 0) is 9.59 Å². The molecule has 1 aliphatic rings. The lowest BCUT2D eigenvalue weighted by atomic mass is 10.2. The first kappa shape index (κ1) is 13.3. The van der Waals surface area contributed by atoms with Crippen molar-refractivity contribution in [1.29, 1.82) is 0 Å². The molecule has 0 saturated heterocycles. The van der Waals surface area contributed by atoms with Crippen LogP contribution in [0.4, 0.5) is 0 Å². The number of rotatable bonds is 5. The Morgan fingerprint density at radius 1 is 1.38 bits per heavy atom. The number of amides is 2. The molecule has 0 heterocycles. The summed E-state index contributed by atoms with van der Waals surface area (Å²) in [5, 5.41) is 2.59. The van der Waals surface area contributed by atoms with Crippen LogP contribution in [0, 0.1) is 0 Å². The predicted octanol–water partition coefficient (Wildman–Crippen LogP) is 1.13. The summed E-state index contributed by atoms with van der Waals surface area (Å²) in [5.41, 5.74) is 0. The number of nitrogens with one attached hydrogen (secondary N) is 1. The second kappa shape index (κ2) is 6.74. The molecule has 92 valence electrons. The summed E-state index contributed by atoms with van der Waals surface area (Å²) in [6.07, 6.45) is 5.00. The molecule has 0 spiro atoms. The maximum atomic E-state index is 11.7. The van der Waals surface area contributed by atoms with E-state index in [0.29, 0.717) is 19.0 Å². The van der Waals surface area contributed by atoms with E-state index in [0.717, 1.165) is 12.8 Å². The molecule has 1 saturated carbocycles. The van der Waals surface area contributed by atoms with Gasteiger partial charge in [0, 0.05) is 26.1 Å². The monoisotopic (exact) mass is 246 g/mol. The third-order valence-corrected chi connectivity index (χ3v) is 3.29. The maximum Gasteiger partial charge on any atom is 0.234 e. The van der Waals surface area contributed by atoms with Gasteiger partial charge in [0.05, 0.1) is 0 Å². The van der Waals surface area contributed by atoms with Crippen LogP contribution in [0.15, 0.2) is 0 Å². The summed E-state index contributed by atoms with van der Waals surface area (Å²) >= 11 is 5.33. The number of carbonyl (C=O) groups excluding carboxylic acids is 2. The van der Waals surface area contributed by atoms with Crippen LogP contribution in [-0.4, -0.2) is 42.2 Å². The minimum Gasteiger partial charge on any atom is -0.355 e. The van der Waals surface area contributed by atoms with E-state index < -0.39 is 0 Å². The van der Waals surface area contributed by atoms with Crippen molar-refractivity contribution in [3.63, 3.8) is 0 Å². The van der Waals surface area contributed by atoms with Gasteiger partial charge in [-0.1, -0.05) is 12.8 Å². The standard InChI is InChI=1S/C11H19ClN2O2/c1-14(9-4-2-3-5-9)11(16)6-7-13-10(15)8-12/h9H,2-8H2,1H3,(H,13,15). The fourth-order valence-corrected chi connectivity index (χ4v) is 2.12. The lowest BCUT2D eigenvalue weighted by molar-refractivity contribution is -0.131. The van der Waals surface area contributed by atoms with Crippen LogP contribution in [0.3, 0.4) is 0 Å². The Kier molecular flexibility index (Phi) is 5.60. The molecule has 0 aliphatic heterocycles. The highest BCUT2D eigenvalue weighted by atomic mass is 35.5. The zero-order chi connectivity index (χ0) is 12.0. The van der Waals surface area contributed by atoms with E-state index in [2.05, 4.69) is 5.32 Å². The molecule has 1 aliphatic carbocycles. The first-order valence-electron chi connectivity index (χ1n) is 5.73. The van der Waals surface area contributed by atoms with Gasteiger partial charge in [0.1, 0.15) is 5.88 Å². The molecule has 1 rings (SSSR count). The molecular weight excluding hydrogens is 228 g/mol. The topological polar surface area (TPSA) is 49.4 Å². The van der Waals surface area contributed by atoms with Crippen molar-refractivity contribution < 1.29 is 9.59 Å². The fourth-order valence-electron chi connectivity index (χ4n) is 2.03. The number of hydrogen-bond acceptors (Lipinski definition) is 2. The molecule has 1 N–H and O–H groups in total. The highest BCUT2D eigenvalue weighted by molar-refractivity contribution is 6.27. The van der Waals surface area contributed by atoms with Crippen LogP contribution < -0.4 is 5.32 Å². The molecule has 0 radical (unpaired) electrons. The summed E-state index contributed by atoms with van der Waals surface area (Å²) in [5.74, 6) is -0.174. The molecule has 5 heteroatoms. The highest BCUT2D eigenvalue weighted by Gasteiger charge is 2.22. The minimum absolute atomic E-state index is 0.0490. The lowest BCUT2D eigenvalue weighted by Gasteiger charge is -2.24. The number of hydrogen-bond donors (Lipinski definition) is 1. The molecule has 0 aromatic carbocycles. The summed E-state index contributed by atoms with van der Waals surface area (Å²) < 4.78 is 0. The van der Waals surface area contributed by atoms with E-state index in [1.807, 2.05) is 11.9 Å². The van der Waals surface area contributed by atoms with Crippen LogP contribution in [0.1, 0.15) is 32.1 Å². The van der Waals surface area contributed by atoms with Gasteiger partial charge in [-0.05, 0) is 12.8 Å². The Balaban J connectivity index is 2.20. The van der Waals surface area contributed by atoms with Gasteiger partial charge < -0.3 is 10.2 Å². The second-order valence-electron chi connectivity index (χ2n) is 4.18. The Morgan fingerprint density at radius 3 is 2.56 bits per heavy atom. The molecule has 16 heavy (non-hydrogen) atoms. The van der Waals surface area contributed by atoms with E-state index in [4.69, 9.17) is 11.6 Å². The minimum atomic E-state index is -0.224. The molecular formula is C11H19ClN2O2. The molecule has 4 nitrogen and oxygen atoms in total. The van der Waals surface area contributed by atoms with Crippen LogP contribution >= 0.6 is 11.6 Å². The third-order valence-electron chi connectivity index (χ3n) is 3.05. The number of alkyl halides is 1. The smallest absolute Gasteiger partial charge is 0.234 e. The van der Waals surface area contributed by atoms with E-state index in [1.165, 1.54) is 12.8 Å². The van der Waals surface area contributed by atoms with E-state index in [-0.39, 0.29) is 17.7 Å². The van der Waals surface area contributed by atoms with Crippen LogP contribution in [0.25, 0.3) is 0 Å². The quantitative estimate of drug-likeness (QED) is 0.740. The number of nitrogens with zero attached hydrogens (tertiary/aromatic N) is 1. The summed E-state index contributed by atoms with van der Waals surface area (Å²) in [6.45, 7) is 0.376. The van der Waals surface area contributed by atoms with Gasteiger partial charge in [-0.25, -0.2) is 0 Å². The van der Waals surface area contributed by atoms with Gasteiger partial charge in [0.15, 0.2) is 0 Å². The number of carbonyl (C=O) groups is 2. The molecule has 0 aromatic heterocycles. The van der Waals surface area contributed by atoms with Gasteiger partial charge in [-0.2, -0.15) is 0 Å². The summed E-state index contributed by atoms with van der Waals surface area (Å²) in [6, 6.07) is 0.399. The predicted molar refractivity (Wildman–Crippen MR) is 63.4 cm³/mol. The zero-order valence-electron chi connectivity index (χ0n) is 9.67. The van der Waals surface area contributed by atoms with E-state index in [9.17, 15) is 9.59 Å². The Bertz CT molecular complexity index is 252. The lowest BCUT2D eigenvalue weighted by Crippen LogP contribution is -2.37. The highest BCUT2D eigenvalue weighted by Crippen LogP contribution is 2.22. The van der Waals surface area contributed by atoms with Crippen LogP contribution in [0.2, 0.25) is 0 Å². The van der Waals surface area contributed by atoms with Crippen molar-refractivity contribution >= 4 is 23.4 Å². The molecule has 0 bridgehead atoms. The van der Waals surface area contributed by atoms with E-state index >= 15 is 0 Å². The van der Waals surface area contributed by atoms with Crippen molar-refractivity contribution in [3.8, 4) is 0 Å². The molecule has 2 amide bonds. The van der Waals surface area contributed by atoms with Crippen molar-refractivity contribution in [2.75, 3.05) is 19.5 Å². The first-order chi connectivity index (χ1) is 7.65. The molecule has 1 fully saturated rings. The van der Waals surface area contributed by atoms with Crippen molar-refractivity contribution in [2.24, 2.45) is 0 Å². The Hall–Kier alpha value is -0.770. The maximum absolute atomic E-state index is 11.7.